The summed E-state index contributed by atoms with van der Waals surface area (Å²) in [6.45, 7) is 4.29. The lowest BCUT2D eigenvalue weighted by molar-refractivity contribution is 0.403. The number of pyridine rings is 1. The lowest BCUT2D eigenvalue weighted by Gasteiger charge is -2.29. The maximum atomic E-state index is 5.93. The van der Waals surface area contributed by atoms with E-state index in [-0.39, 0.29) is 12.1 Å². The van der Waals surface area contributed by atoms with E-state index in [1.807, 2.05) is 42.6 Å². The van der Waals surface area contributed by atoms with Crippen molar-refractivity contribution in [2.75, 3.05) is 19.1 Å². The van der Waals surface area contributed by atoms with Crippen molar-refractivity contribution < 1.29 is 9.47 Å². The van der Waals surface area contributed by atoms with Gasteiger partial charge in [0.2, 0.25) is 0 Å². The molecule has 2 atom stereocenters. The Bertz CT molecular complexity index is 1410. The number of aromatic nitrogens is 2. The van der Waals surface area contributed by atoms with E-state index in [4.69, 9.17) is 21.7 Å². The van der Waals surface area contributed by atoms with Gasteiger partial charge in [0.1, 0.15) is 11.5 Å². The van der Waals surface area contributed by atoms with Crippen molar-refractivity contribution in [3.05, 3.63) is 100 Å². The molecule has 2 aromatic carbocycles. The Kier molecular flexibility index (Phi) is 6.73. The highest BCUT2D eigenvalue weighted by Gasteiger charge is 2.43. The van der Waals surface area contributed by atoms with Crippen LogP contribution >= 0.6 is 28.1 Å². The molecule has 1 saturated heterocycles. The second-order valence-corrected chi connectivity index (χ2v) is 9.98. The first kappa shape index (κ1) is 24.3. The highest BCUT2D eigenvalue weighted by Crippen LogP contribution is 2.47. The van der Waals surface area contributed by atoms with Crippen LogP contribution in [-0.2, 0) is 0 Å². The molecule has 184 valence electrons. The van der Waals surface area contributed by atoms with Crippen LogP contribution in [0.4, 0.5) is 5.69 Å². The molecule has 8 heteroatoms. The zero-order valence-electron chi connectivity index (χ0n) is 20.5. The van der Waals surface area contributed by atoms with Crippen LogP contribution in [0.15, 0.2) is 77.4 Å². The van der Waals surface area contributed by atoms with Crippen molar-refractivity contribution in [3.8, 4) is 17.2 Å². The maximum absolute atomic E-state index is 5.93. The number of halogens is 1. The first-order valence-corrected chi connectivity index (χ1v) is 12.8. The molecule has 0 radical (unpaired) electrons. The fourth-order valence-electron chi connectivity index (χ4n) is 4.99. The van der Waals surface area contributed by atoms with E-state index in [2.05, 4.69) is 79.9 Å². The molecule has 1 fully saturated rings. The minimum absolute atomic E-state index is 0.159. The van der Waals surface area contributed by atoms with Crippen LogP contribution in [0.25, 0.3) is 5.69 Å². The van der Waals surface area contributed by atoms with Crippen LogP contribution in [0, 0.1) is 13.8 Å². The topological polar surface area (TPSA) is 51.6 Å². The van der Waals surface area contributed by atoms with Gasteiger partial charge < -0.3 is 24.3 Å². The minimum atomic E-state index is -0.163. The van der Waals surface area contributed by atoms with Gasteiger partial charge in [0.05, 0.1) is 37.7 Å². The van der Waals surface area contributed by atoms with Gasteiger partial charge in [-0.2, -0.15) is 0 Å². The number of thiocarbonyl (C=S) groups is 1. The third-order valence-electron chi connectivity index (χ3n) is 6.62. The summed E-state index contributed by atoms with van der Waals surface area (Å²) in [6.07, 6.45) is 1.82. The zero-order chi connectivity index (χ0) is 25.4. The van der Waals surface area contributed by atoms with Crippen molar-refractivity contribution in [1.29, 1.82) is 0 Å². The molecule has 0 spiro atoms. The Morgan fingerprint density at radius 2 is 1.75 bits per heavy atom. The number of nitrogens with zero attached hydrogens (tertiary/aromatic N) is 3. The molecular formula is C28H27BrN4O2S. The summed E-state index contributed by atoms with van der Waals surface area (Å²) >= 11 is 9.48. The van der Waals surface area contributed by atoms with E-state index in [0.29, 0.717) is 10.9 Å². The number of aryl methyl sites for hydroxylation is 1. The Morgan fingerprint density at radius 3 is 2.42 bits per heavy atom. The molecule has 0 unspecified atom stereocenters. The SMILES string of the molecule is COc1ccc(OC)c(N2C(=S)N[C@@H](c3ccccn3)[C@@H]2c2cc(C)n(-c3ccc(Br)cc3)c2C)c1. The average Bonchev–Trinajstić information content (AvgIpc) is 3.39. The molecule has 1 aliphatic rings. The standard InChI is InChI=1S/C28H27BrN4O2S/c1-17-15-22(18(2)32(17)20-10-8-19(29)9-11-20)27-26(23-7-5-6-14-30-23)31-28(36)33(27)24-16-21(34-3)12-13-25(24)35-4/h5-16,26-27H,1-4H3,(H,31,36)/t26-,27-/m0/s1. The van der Waals surface area contributed by atoms with Crippen molar-refractivity contribution in [1.82, 2.24) is 14.9 Å². The minimum Gasteiger partial charge on any atom is -0.497 e. The van der Waals surface area contributed by atoms with E-state index in [1.165, 1.54) is 0 Å². The summed E-state index contributed by atoms with van der Waals surface area (Å²) in [4.78, 5) is 6.81. The van der Waals surface area contributed by atoms with Crippen molar-refractivity contribution in [3.63, 3.8) is 0 Å². The summed E-state index contributed by atoms with van der Waals surface area (Å²) in [6, 6.07) is 22.0. The molecule has 1 N–H and O–H groups in total. The fourth-order valence-corrected chi connectivity index (χ4v) is 5.59. The number of methoxy groups -OCH3 is 2. The van der Waals surface area contributed by atoms with Gasteiger partial charge in [-0.05, 0) is 86.2 Å². The van der Waals surface area contributed by atoms with Crippen LogP contribution in [-0.4, -0.2) is 28.9 Å². The summed E-state index contributed by atoms with van der Waals surface area (Å²) in [5.74, 6) is 1.45. The lowest BCUT2D eigenvalue weighted by Crippen LogP contribution is -2.30. The summed E-state index contributed by atoms with van der Waals surface area (Å²) < 4.78 is 14.6. The van der Waals surface area contributed by atoms with Gasteiger partial charge in [-0.25, -0.2) is 0 Å². The second-order valence-electron chi connectivity index (χ2n) is 8.67. The molecule has 5 rings (SSSR count). The van der Waals surface area contributed by atoms with Crippen molar-refractivity contribution in [2.45, 2.75) is 25.9 Å². The molecule has 36 heavy (non-hydrogen) atoms. The number of nitrogens with one attached hydrogen (secondary N) is 1. The maximum Gasteiger partial charge on any atom is 0.174 e. The number of hydrogen-bond donors (Lipinski definition) is 1. The normalized spacial score (nSPS) is 17.2. The van der Waals surface area contributed by atoms with Gasteiger partial charge in [-0.15, -0.1) is 0 Å². The third-order valence-corrected chi connectivity index (χ3v) is 7.46. The molecule has 3 heterocycles. The summed E-state index contributed by atoms with van der Waals surface area (Å²) in [7, 11) is 3.33. The van der Waals surface area contributed by atoms with Crippen LogP contribution in [0.2, 0.25) is 0 Å². The Labute approximate surface area is 225 Å². The van der Waals surface area contributed by atoms with Gasteiger partial charge in [-0.3, -0.25) is 4.98 Å². The molecule has 0 amide bonds. The molecule has 0 saturated carbocycles. The molecule has 2 aromatic heterocycles. The third kappa shape index (κ3) is 4.24. The van der Waals surface area contributed by atoms with E-state index >= 15 is 0 Å². The van der Waals surface area contributed by atoms with E-state index in [1.54, 1.807) is 14.2 Å². The molecular weight excluding hydrogens is 536 g/mol. The monoisotopic (exact) mass is 562 g/mol. The Morgan fingerprint density at radius 1 is 0.972 bits per heavy atom. The van der Waals surface area contributed by atoms with Crippen LogP contribution in [0.5, 0.6) is 11.5 Å². The number of rotatable bonds is 6. The van der Waals surface area contributed by atoms with Gasteiger partial charge in [0.15, 0.2) is 5.11 Å². The van der Waals surface area contributed by atoms with Gasteiger partial charge >= 0.3 is 0 Å². The Balaban J connectivity index is 1.71. The van der Waals surface area contributed by atoms with Gasteiger partial charge in [0, 0.05) is 33.8 Å². The van der Waals surface area contributed by atoms with E-state index in [9.17, 15) is 0 Å². The molecule has 6 nitrogen and oxygen atoms in total. The highest BCUT2D eigenvalue weighted by atomic mass is 79.9. The summed E-state index contributed by atoms with van der Waals surface area (Å²) in [5, 5.41) is 4.15. The van der Waals surface area contributed by atoms with E-state index < -0.39 is 0 Å². The van der Waals surface area contributed by atoms with Crippen LogP contribution in [0.3, 0.4) is 0 Å². The van der Waals surface area contributed by atoms with Crippen LogP contribution in [0.1, 0.15) is 34.7 Å². The Hall–Kier alpha value is -3.36. The van der Waals surface area contributed by atoms with Gasteiger partial charge in [0.25, 0.3) is 0 Å². The smallest absolute Gasteiger partial charge is 0.174 e. The molecule has 0 bridgehead atoms. The number of ether oxygens (including phenoxy) is 2. The van der Waals surface area contributed by atoms with E-state index in [0.717, 1.165) is 44.2 Å². The fraction of sp³-hybridized carbons (Fsp3) is 0.214. The molecule has 0 aliphatic carbocycles. The summed E-state index contributed by atoms with van der Waals surface area (Å²) in [5.41, 5.74) is 6.30. The predicted molar refractivity (Wildman–Crippen MR) is 150 cm³/mol. The quantitative estimate of drug-likeness (QED) is 0.273. The first-order valence-electron chi connectivity index (χ1n) is 11.6. The largest absolute Gasteiger partial charge is 0.497 e. The van der Waals surface area contributed by atoms with Crippen LogP contribution < -0.4 is 19.7 Å². The number of benzene rings is 2. The van der Waals surface area contributed by atoms with Crippen molar-refractivity contribution >= 4 is 38.9 Å². The second kappa shape index (κ2) is 9.95. The molecule has 4 aromatic rings. The lowest BCUT2D eigenvalue weighted by atomic mass is 9.96. The number of hydrogen-bond acceptors (Lipinski definition) is 4. The average molecular weight is 564 g/mol. The first-order chi connectivity index (χ1) is 17.4. The van der Waals surface area contributed by atoms with Gasteiger partial charge in [-0.1, -0.05) is 22.0 Å². The van der Waals surface area contributed by atoms with Crippen molar-refractivity contribution in [2.24, 2.45) is 0 Å². The molecule has 1 aliphatic heterocycles. The predicted octanol–water partition coefficient (Wildman–Crippen LogP) is 6.45. The zero-order valence-corrected chi connectivity index (χ0v) is 22.9. The number of anilines is 1. The highest BCUT2D eigenvalue weighted by molar-refractivity contribution is 9.10.